The number of hydrogen-bond donors (Lipinski definition) is 7. The van der Waals surface area contributed by atoms with E-state index in [-0.39, 0.29) is 17.9 Å². The molecule has 0 aliphatic carbocycles. The summed E-state index contributed by atoms with van der Waals surface area (Å²) in [4.78, 5) is 34.1. The average molecular weight is 446 g/mol. The topological polar surface area (TPSA) is 200 Å². The van der Waals surface area contributed by atoms with Crippen molar-refractivity contribution in [1.82, 2.24) is 4.98 Å². The van der Waals surface area contributed by atoms with E-state index in [1.54, 1.807) is 6.20 Å². The maximum absolute atomic E-state index is 10.5. The molecule has 1 unspecified atom stereocenters. The Morgan fingerprint density at radius 2 is 1.45 bits per heavy atom. The first kappa shape index (κ1) is 24.8. The molecule has 29 heavy (non-hydrogen) atoms. The van der Waals surface area contributed by atoms with Crippen LogP contribution in [0.3, 0.4) is 0 Å². The van der Waals surface area contributed by atoms with Crippen molar-refractivity contribution in [3.05, 3.63) is 36.0 Å². The summed E-state index contributed by atoms with van der Waals surface area (Å²) in [6, 6.07) is 5.74. The van der Waals surface area contributed by atoms with E-state index in [1.165, 1.54) is 21.6 Å². The first-order chi connectivity index (χ1) is 13.6. The number of para-hydroxylation sites is 1. The van der Waals surface area contributed by atoms with Crippen molar-refractivity contribution in [3.8, 4) is 0 Å². The first-order valence-electron chi connectivity index (χ1n) is 8.30. The number of aromatic nitrogens is 1. The van der Waals surface area contributed by atoms with Gasteiger partial charge in [0.15, 0.2) is 6.10 Å². The molecule has 0 amide bonds. The third-order valence-corrected chi connectivity index (χ3v) is 6.06. The highest BCUT2D eigenvalue weighted by Crippen LogP contribution is 2.22. The Morgan fingerprint density at radius 1 is 0.931 bits per heavy atom. The van der Waals surface area contributed by atoms with Crippen LogP contribution in [0.1, 0.15) is 5.56 Å². The number of fused-ring (bicyclic) bond motifs is 1. The smallest absolute Gasteiger partial charge is 0.332 e. The van der Waals surface area contributed by atoms with Gasteiger partial charge in [0, 0.05) is 35.0 Å². The summed E-state index contributed by atoms with van der Waals surface area (Å²) in [5.74, 6) is -2.87. The quantitative estimate of drug-likeness (QED) is 0.196. The molecule has 1 aromatic carbocycles. The molecule has 0 fully saturated rings. The highest BCUT2D eigenvalue weighted by Gasteiger charge is 2.16. The van der Waals surface area contributed by atoms with Crippen LogP contribution in [0.5, 0.6) is 0 Å². The number of nitrogens with two attached hydrogens (primary N) is 2. The number of aliphatic hydroxyl groups is 1. The summed E-state index contributed by atoms with van der Waals surface area (Å²) in [6.07, 6.45) is 0.514. The second-order valence-electron chi connectivity index (χ2n) is 5.88. The Labute approximate surface area is 174 Å². The second-order valence-corrected chi connectivity index (χ2v) is 8.43. The summed E-state index contributed by atoms with van der Waals surface area (Å²) in [7, 11) is 2.41. The number of benzene rings is 1. The molecule has 0 spiro atoms. The molecule has 1 aromatic heterocycles. The zero-order valence-corrected chi connectivity index (χ0v) is 16.9. The zero-order valence-electron chi connectivity index (χ0n) is 15.2. The van der Waals surface area contributed by atoms with Crippen LogP contribution in [0.15, 0.2) is 30.5 Å². The minimum Gasteiger partial charge on any atom is -0.480 e. The van der Waals surface area contributed by atoms with E-state index in [0.717, 1.165) is 16.5 Å². The van der Waals surface area contributed by atoms with Crippen molar-refractivity contribution in [1.29, 1.82) is 0 Å². The lowest BCUT2D eigenvalue weighted by Crippen LogP contribution is -2.33. The molecule has 9 N–H and O–H groups in total. The lowest BCUT2D eigenvalue weighted by Gasteiger charge is -2.07. The molecule has 0 aliphatic heterocycles. The number of carboxylic acids is 3. The van der Waals surface area contributed by atoms with Crippen LogP contribution in [0.4, 0.5) is 0 Å². The summed E-state index contributed by atoms with van der Waals surface area (Å²) < 4.78 is 0. The van der Waals surface area contributed by atoms with Crippen molar-refractivity contribution >= 4 is 50.4 Å². The number of nitrogens with one attached hydrogen (secondary N) is 1. The Kier molecular flexibility index (Phi) is 10.5. The Morgan fingerprint density at radius 3 is 1.93 bits per heavy atom. The van der Waals surface area contributed by atoms with Gasteiger partial charge in [0.25, 0.3) is 0 Å². The monoisotopic (exact) mass is 445 g/mol. The standard InChI is InChI=1S/C11H11NO3.C6H12N2O4S2/c13-10(11(14)15)5-7-6-12-9-4-2-1-3-8(7)9;7-3(5(9)10)1-13-14-2-4(8)6(11)12/h1-4,6,10,12-13H,5H2,(H,14,15);3-4H,1-2,7-8H2,(H,9,10)(H,11,12)/t;3-,4-/m.0/s1. The van der Waals surface area contributed by atoms with Crippen molar-refractivity contribution < 1.29 is 34.8 Å². The van der Waals surface area contributed by atoms with Crippen LogP contribution in [0, 0.1) is 0 Å². The molecule has 2 aromatic rings. The number of H-pyrrole nitrogens is 1. The van der Waals surface area contributed by atoms with Gasteiger partial charge in [-0.05, 0) is 11.6 Å². The maximum Gasteiger partial charge on any atom is 0.332 e. The number of aliphatic carboxylic acids is 3. The maximum atomic E-state index is 10.5. The van der Waals surface area contributed by atoms with Crippen molar-refractivity contribution in [2.24, 2.45) is 11.5 Å². The van der Waals surface area contributed by atoms with E-state index in [9.17, 15) is 19.5 Å². The van der Waals surface area contributed by atoms with Gasteiger partial charge in [-0.25, -0.2) is 4.79 Å². The first-order valence-corrected chi connectivity index (χ1v) is 10.8. The van der Waals surface area contributed by atoms with Gasteiger partial charge in [0.1, 0.15) is 12.1 Å². The lowest BCUT2D eigenvalue weighted by molar-refractivity contribution is -0.146. The molecule has 3 atom stereocenters. The van der Waals surface area contributed by atoms with E-state index in [4.69, 9.17) is 26.8 Å². The van der Waals surface area contributed by atoms with Crippen LogP contribution in [0.2, 0.25) is 0 Å². The molecule has 2 rings (SSSR count). The summed E-state index contributed by atoms with van der Waals surface area (Å²) in [5.41, 5.74) is 12.2. The summed E-state index contributed by atoms with van der Waals surface area (Å²) >= 11 is 0. The van der Waals surface area contributed by atoms with Gasteiger partial charge in [-0.3, -0.25) is 9.59 Å². The van der Waals surface area contributed by atoms with Gasteiger partial charge >= 0.3 is 17.9 Å². The Hall–Kier alpha value is -2.25. The largest absolute Gasteiger partial charge is 0.480 e. The SMILES string of the molecule is N[C@@H](CSSC[C@H](N)C(=O)O)C(=O)O.O=C(O)C(O)Cc1c[nH]c2ccccc12. The normalized spacial score (nSPS) is 13.8. The molecule has 0 saturated carbocycles. The number of hydrogen-bond acceptors (Lipinski definition) is 8. The van der Waals surface area contributed by atoms with E-state index in [1.807, 2.05) is 24.3 Å². The summed E-state index contributed by atoms with van der Waals surface area (Å²) in [6.45, 7) is 0. The molecule has 12 heteroatoms. The second kappa shape index (κ2) is 12.3. The van der Waals surface area contributed by atoms with E-state index in [2.05, 4.69) is 4.98 Å². The molecule has 0 bridgehead atoms. The van der Waals surface area contributed by atoms with Gasteiger partial charge in [-0.2, -0.15) is 0 Å². The fourth-order valence-corrected chi connectivity index (χ4v) is 4.21. The molecular weight excluding hydrogens is 422 g/mol. The predicted molar refractivity (Wildman–Crippen MR) is 112 cm³/mol. The zero-order chi connectivity index (χ0) is 22.0. The average Bonchev–Trinajstić information content (AvgIpc) is 3.08. The van der Waals surface area contributed by atoms with E-state index in [0.29, 0.717) is 0 Å². The van der Waals surface area contributed by atoms with Gasteiger partial charge in [0.2, 0.25) is 0 Å². The van der Waals surface area contributed by atoms with Crippen molar-refractivity contribution in [3.63, 3.8) is 0 Å². The minimum atomic E-state index is -1.34. The third-order valence-electron chi connectivity index (χ3n) is 3.59. The Balaban J connectivity index is 0.000000291. The van der Waals surface area contributed by atoms with Crippen LogP contribution in [0.25, 0.3) is 10.9 Å². The number of aromatic amines is 1. The van der Waals surface area contributed by atoms with Crippen molar-refractivity contribution in [2.75, 3.05) is 11.5 Å². The van der Waals surface area contributed by atoms with Crippen molar-refractivity contribution in [2.45, 2.75) is 24.6 Å². The van der Waals surface area contributed by atoms with E-state index < -0.39 is 36.1 Å². The number of carbonyl (C=O) groups is 3. The third kappa shape index (κ3) is 8.75. The highest BCUT2D eigenvalue weighted by molar-refractivity contribution is 8.76. The molecule has 0 aliphatic rings. The van der Waals surface area contributed by atoms with Gasteiger partial charge in [-0.15, -0.1) is 0 Å². The molecule has 160 valence electrons. The molecular formula is C17H23N3O7S2. The van der Waals surface area contributed by atoms with Gasteiger partial charge < -0.3 is 36.9 Å². The molecule has 1 heterocycles. The lowest BCUT2D eigenvalue weighted by atomic mass is 10.1. The fourth-order valence-electron chi connectivity index (χ4n) is 1.98. The van der Waals surface area contributed by atoms with Crippen LogP contribution >= 0.6 is 21.6 Å². The Bertz CT molecular complexity index is 808. The van der Waals surface area contributed by atoms with Gasteiger partial charge in [-0.1, -0.05) is 39.8 Å². The van der Waals surface area contributed by atoms with E-state index >= 15 is 0 Å². The van der Waals surface area contributed by atoms with Crippen LogP contribution in [-0.4, -0.2) is 73.0 Å². The molecule has 0 saturated heterocycles. The minimum absolute atomic E-state index is 0.124. The summed E-state index contributed by atoms with van der Waals surface area (Å²) in [5, 5.41) is 35.6. The number of aliphatic hydroxyl groups excluding tert-OH is 1. The molecule has 10 nitrogen and oxygen atoms in total. The number of rotatable bonds is 10. The van der Waals surface area contributed by atoms with Crippen LogP contribution in [-0.2, 0) is 20.8 Å². The highest BCUT2D eigenvalue weighted by atomic mass is 33.1. The van der Waals surface area contributed by atoms with Crippen LogP contribution < -0.4 is 11.5 Å². The number of carboxylic acid groups (broad SMARTS) is 3. The fraction of sp³-hybridized carbons (Fsp3) is 0.353. The van der Waals surface area contributed by atoms with Gasteiger partial charge in [0.05, 0.1) is 0 Å². The predicted octanol–water partition coefficient (Wildman–Crippen LogP) is 0.348. The molecule has 0 radical (unpaired) electrons.